The molecule has 0 bridgehead atoms. The fourth-order valence-corrected chi connectivity index (χ4v) is 3.07. The number of hydrogen-bond donors (Lipinski definition) is 0. The molecule has 0 unspecified atom stereocenters. The number of methoxy groups -OCH3 is 2. The van der Waals surface area contributed by atoms with Gasteiger partial charge < -0.3 is 14.4 Å². The van der Waals surface area contributed by atoms with Crippen LogP contribution in [0.15, 0.2) is 18.2 Å². The first-order chi connectivity index (χ1) is 10.2. The maximum atomic E-state index is 12.8. The smallest absolute Gasteiger partial charge is 0.254 e. The summed E-state index contributed by atoms with van der Waals surface area (Å²) in [6.45, 7) is 0.583. The van der Waals surface area contributed by atoms with Crippen LogP contribution in [0.4, 0.5) is 0 Å². The average molecular weight is 312 g/mol. The molecule has 2 rings (SSSR count). The van der Waals surface area contributed by atoms with Crippen molar-refractivity contribution in [3.8, 4) is 11.5 Å². The predicted octanol–water partition coefficient (Wildman–Crippen LogP) is 3.33. The largest absolute Gasteiger partial charge is 0.493 e. The van der Waals surface area contributed by atoms with E-state index in [1.165, 1.54) is 12.8 Å². The highest BCUT2D eigenvalue weighted by Gasteiger charge is 2.27. The number of nitrogens with zero attached hydrogens (tertiary/aromatic N) is 1. The van der Waals surface area contributed by atoms with Gasteiger partial charge in [-0.05, 0) is 31.0 Å². The molecule has 1 aliphatic rings. The zero-order valence-corrected chi connectivity index (χ0v) is 13.4. The van der Waals surface area contributed by atoms with Crippen molar-refractivity contribution in [2.75, 3.05) is 26.6 Å². The van der Waals surface area contributed by atoms with Crippen molar-refractivity contribution >= 4 is 17.5 Å². The first-order valence-electron chi connectivity index (χ1n) is 7.30. The van der Waals surface area contributed by atoms with E-state index >= 15 is 0 Å². The molecule has 1 saturated carbocycles. The Bertz CT molecular complexity index is 486. The van der Waals surface area contributed by atoms with Gasteiger partial charge in [0, 0.05) is 24.0 Å². The van der Waals surface area contributed by atoms with Crippen LogP contribution in [-0.4, -0.2) is 43.5 Å². The van der Waals surface area contributed by atoms with E-state index in [-0.39, 0.29) is 5.91 Å². The molecule has 21 heavy (non-hydrogen) atoms. The third-order valence-corrected chi connectivity index (χ3v) is 4.15. The van der Waals surface area contributed by atoms with E-state index < -0.39 is 0 Å². The van der Waals surface area contributed by atoms with Crippen molar-refractivity contribution in [2.24, 2.45) is 0 Å². The Hall–Kier alpha value is -1.42. The van der Waals surface area contributed by atoms with Gasteiger partial charge in [0.1, 0.15) is 0 Å². The summed E-state index contributed by atoms with van der Waals surface area (Å²) in [5, 5.41) is 0. The highest BCUT2D eigenvalue weighted by Crippen LogP contribution is 2.30. The second kappa shape index (κ2) is 7.55. The maximum Gasteiger partial charge on any atom is 0.254 e. The van der Waals surface area contributed by atoms with Crippen molar-refractivity contribution in [1.29, 1.82) is 0 Å². The van der Waals surface area contributed by atoms with Gasteiger partial charge in [-0.2, -0.15) is 0 Å². The van der Waals surface area contributed by atoms with Crippen LogP contribution in [0.2, 0.25) is 0 Å². The van der Waals surface area contributed by atoms with Crippen molar-refractivity contribution in [1.82, 2.24) is 4.90 Å². The Morgan fingerprint density at radius 1 is 1.24 bits per heavy atom. The van der Waals surface area contributed by atoms with E-state index in [1.807, 2.05) is 4.90 Å². The third-order valence-electron chi connectivity index (χ3n) is 3.98. The summed E-state index contributed by atoms with van der Waals surface area (Å²) >= 11 is 5.87. The van der Waals surface area contributed by atoms with E-state index in [1.54, 1.807) is 32.4 Å². The Morgan fingerprint density at radius 2 is 1.90 bits per heavy atom. The minimum absolute atomic E-state index is 0.0171. The molecule has 5 heteroatoms. The van der Waals surface area contributed by atoms with Gasteiger partial charge in [0.05, 0.1) is 14.2 Å². The monoisotopic (exact) mass is 311 g/mol. The standard InChI is InChI=1S/C16H22ClNO3/c1-20-14-8-7-12(11-15(14)21-2)16(19)18(10-9-17)13-5-3-4-6-13/h7-8,11,13H,3-6,9-10H2,1-2H3. The Morgan fingerprint density at radius 3 is 2.48 bits per heavy atom. The van der Waals surface area contributed by atoms with Crippen molar-refractivity contribution < 1.29 is 14.3 Å². The quantitative estimate of drug-likeness (QED) is 0.756. The molecule has 0 spiro atoms. The number of carbonyl (C=O) groups excluding carboxylic acids is 1. The van der Waals surface area contributed by atoms with Gasteiger partial charge in [0.15, 0.2) is 11.5 Å². The number of rotatable bonds is 6. The summed E-state index contributed by atoms with van der Waals surface area (Å²) in [6.07, 6.45) is 4.50. The van der Waals surface area contributed by atoms with Crippen LogP contribution in [0, 0.1) is 0 Å². The summed E-state index contributed by atoms with van der Waals surface area (Å²) in [6, 6.07) is 5.58. The molecule has 1 aromatic rings. The Balaban J connectivity index is 2.23. The Kier molecular flexibility index (Phi) is 5.74. The average Bonchev–Trinajstić information content (AvgIpc) is 3.05. The van der Waals surface area contributed by atoms with Crippen LogP contribution in [-0.2, 0) is 0 Å². The number of alkyl halides is 1. The zero-order valence-electron chi connectivity index (χ0n) is 12.6. The summed E-state index contributed by atoms with van der Waals surface area (Å²) in [4.78, 5) is 14.7. The van der Waals surface area contributed by atoms with E-state index in [9.17, 15) is 4.79 Å². The molecule has 1 aromatic carbocycles. The fourth-order valence-electron chi connectivity index (χ4n) is 2.89. The van der Waals surface area contributed by atoms with Gasteiger partial charge in [0.2, 0.25) is 0 Å². The SMILES string of the molecule is COc1ccc(C(=O)N(CCCl)C2CCCC2)cc1OC. The third kappa shape index (κ3) is 3.62. The topological polar surface area (TPSA) is 38.8 Å². The summed E-state index contributed by atoms with van der Waals surface area (Å²) in [5.41, 5.74) is 0.615. The molecule has 1 amide bonds. The predicted molar refractivity (Wildman–Crippen MR) is 83.6 cm³/mol. The Labute approximate surface area is 131 Å². The summed E-state index contributed by atoms with van der Waals surface area (Å²) in [7, 11) is 3.15. The van der Waals surface area contributed by atoms with Gasteiger partial charge in [-0.3, -0.25) is 4.79 Å². The molecule has 1 aliphatic carbocycles. The minimum atomic E-state index is 0.0171. The van der Waals surface area contributed by atoms with Crippen LogP contribution in [0.25, 0.3) is 0 Å². The van der Waals surface area contributed by atoms with Gasteiger partial charge >= 0.3 is 0 Å². The summed E-state index contributed by atoms with van der Waals surface area (Å²) in [5.74, 6) is 1.66. The minimum Gasteiger partial charge on any atom is -0.493 e. The van der Waals surface area contributed by atoms with E-state index in [0.717, 1.165) is 12.8 Å². The number of carbonyl (C=O) groups is 1. The molecule has 116 valence electrons. The lowest BCUT2D eigenvalue weighted by molar-refractivity contribution is 0.0694. The molecule has 0 atom stereocenters. The van der Waals surface area contributed by atoms with E-state index in [4.69, 9.17) is 21.1 Å². The first kappa shape index (κ1) is 16.0. The lowest BCUT2D eigenvalue weighted by atomic mass is 10.1. The van der Waals surface area contributed by atoms with Crippen LogP contribution in [0.5, 0.6) is 11.5 Å². The maximum absolute atomic E-state index is 12.8. The van der Waals surface area contributed by atoms with Crippen LogP contribution >= 0.6 is 11.6 Å². The number of hydrogen-bond acceptors (Lipinski definition) is 3. The molecule has 1 fully saturated rings. The van der Waals surface area contributed by atoms with Crippen LogP contribution in [0.3, 0.4) is 0 Å². The van der Waals surface area contributed by atoms with Crippen LogP contribution in [0.1, 0.15) is 36.0 Å². The molecule has 0 aromatic heterocycles. The van der Waals surface area contributed by atoms with E-state index in [0.29, 0.717) is 35.5 Å². The number of benzene rings is 1. The molecule has 0 heterocycles. The lowest BCUT2D eigenvalue weighted by Gasteiger charge is -2.28. The van der Waals surface area contributed by atoms with Crippen LogP contribution < -0.4 is 9.47 Å². The second-order valence-electron chi connectivity index (χ2n) is 5.20. The molecule has 0 radical (unpaired) electrons. The van der Waals surface area contributed by atoms with Crippen molar-refractivity contribution in [3.63, 3.8) is 0 Å². The zero-order chi connectivity index (χ0) is 15.2. The second-order valence-corrected chi connectivity index (χ2v) is 5.57. The van der Waals surface area contributed by atoms with Gasteiger partial charge in [-0.15, -0.1) is 11.6 Å². The van der Waals surface area contributed by atoms with Gasteiger partial charge in [0.25, 0.3) is 5.91 Å². The van der Waals surface area contributed by atoms with Gasteiger partial charge in [-0.25, -0.2) is 0 Å². The molecule has 4 nitrogen and oxygen atoms in total. The molecular weight excluding hydrogens is 290 g/mol. The molecule has 0 N–H and O–H groups in total. The first-order valence-corrected chi connectivity index (χ1v) is 7.83. The molecular formula is C16H22ClNO3. The van der Waals surface area contributed by atoms with Crippen molar-refractivity contribution in [2.45, 2.75) is 31.7 Å². The van der Waals surface area contributed by atoms with Crippen molar-refractivity contribution in [3.05, 3.63) is 23.8 Å². The highest BCUT2D eigenvalue weighted by molar-refractivity contribution is 6.18. The van der Waals surface area contributed by atoms with E-state index in [2.05, 4.69) is 0 Å². The summed E-state index contributed by atoms with van der Waals surface area (Å²) < 4.78 is 10.5. The molecule has 0 aliphatic heterocycles. The highest BCUT2D eigenvalue weighted by atomic mass is 35.5. The fraction of sp³-hybridized carbons (Fsp3) is 0.562. The number of amides is 1. The number of halogens is 1. The normalized spacial score (nSPS) is 15.0. The number of ether oxygens (including phenoxy) is 2. The van der Waals surface area contributed by atoms with Gasteiger partial charge in [-0.1, -0.05) is 12.8 Å². The molecule has 0 saturated heterocycles. The lowest BCUT2D eigenvalue weighted by Crippen LogP contribution is -2.40.